The molecule has 3 unspecified atom stereocenters. The minimum Gasteiger partial charge on any atom is -0.377 e. The van der Waals surface area contributed by atoms with Gasteiger partial charge in [-0.2, -0.15) is 0 Å². The van der Waals surface area contributed by atoms with Crippen LogP contribution in [0.4, 0.5) is 0 Å². The van der Waals surface area contributed by atoms with Gasteiger partial charge in [0.25, 0.3) is 0 Å². The Morgan fingerprint density at radius 3 is 2.52 bits per heavy atom. The predicted octanol–water partition coefficient (Wildman–Crippen LogP) is 2.73. The number of amides is 1. The molecule has 1 heterocycles. The fourth-order valence-corrected chi connectivity index (χ4v) is 5.39. The third-order valence-electron chi connectivity index (χ3n) is 5.52. The van der Waals surface area contributed by atoms with Crippen molar-refractivity contribution >= 4 is 30.1 Å². The first-order chi connectivity index (χ1) is 10.7. The molecule has 1 aliphatic heterocycles. The summed E-state index contributed by atoms with van der Waals surface area (Å²) in [6.07, 6.45) is 9.92. The number of thioether (sulfide) groups is 1. The molecule has 6 heteroatoms. The van der Waals surface area contributed by atoms with E-state index in [1.165, 1.54) is 32.1 Å². The van der Waals surface area contributed by atoms with Crippen molar-refractivity contribution in [3.05, 3.63) is 0 Å². The van der Waals surface area contributed by atoms with Gasteiger partial charge in [-0.1, -0.05) is 6.42 Å². The molecule has 1 saturated heterocycles. The second kappa shape index (κ2) is 9.50. The molecule has 23 heavy (non-hydrogen) atoms. The van der Waals surface area contributed by atoms with E-state index in [1.807, 2.05) is 0 Å². The maximum Gasteiger partial charge on any atom is 0.230 e. The van der Waals surface area contributed by atoms with Crippen LogP contribution in [-0.2, 0) is 9.53 Å². The molecule has 0 spiro atoms. The van der Waals surface area contributed by atoms with Crippen LogP contribution in [0.3, 0.4) is 0 Å². The Labute approximate surface area is 150 Å². The van der Waals surface area contributed by atoms with Gasteiger partial charge in [0.05, 0.1) is 11.9 Å². The third-order valence-corrected chi connectivity index (χ3v) is 6.59. The third kappa shape index (κ3) is 5.52. The van der Waals surface area contributed by atoms with E-state index >= 15 is 0 Å². The van der Waals surface area contributed by atoms with E-state index < -0.39 is 0 Å². The van der Waals surface area contributed by atoms with Crippen LogP contribution in [0.15, 0.2) is 0 Å². The number of nitrogens with two attached hydrogens (primary N) is 1. The van der Waals surface area contributed by atoms with Crippen molar-refractivity contribution in [3.63, 3.8) is 0 Å². The summed E-state index contributed by atoms with van der Waals surface area (Å²) in [4.78, 5) is 12.3. The Kier molecular flexibility index (Phi) is 7.99. The van der Waals surface area contributed by atoms with E-state index in [9.17, 15) is 4.79 Å². The molecule has 3 rings (SSSR count). The minimum absolute atomic E-state index is 0. The summed E-state index contributed by atoms with van der Waals surface area (Å²) in [5, 5.41) is 3.32. The molecule has 1 amide bonds. The molecule has 3 fully saturated rings. The molecule has 0 aromatic heterocycles. The normalized spacial score (nSPS) is 36.8. The van der Waals surface area contributed by atoms with Crippen molar-refractivity contribution in [2.24, 2.45) is 17.6 Å². The minimum atomic E-state index is 0. The second-order valence-electron chi connectivity index (χ2n) is 7.28. The van der Waals surface area contributed by atoms with Gasteiger partial charge in [-0.25, -0.2) is 0 Å². The molecule has 0 radical (unpaired) electrons. The highest BCUT2D eigenvalue weighted by Gasteiger charge is 2.39. The SMILES string of the molecule is Cl.NC1CC2CCCC(C1)C2NC(=O)CSCC1CCCCO1. The number of hydrogen-bond donors (Lipinski definition) is 2. The van der Waals surface area contributed by atoms with Gasteiger partial charge in [0.15, 0.2) is 0 Å². The van der Waals surface area contributed by atoms with Crippen LogP contribution in [0.2, 0.25) is 0 Å². The van der Waals surface area contributed by atoms with Crippen LogP contribution in [0.25, 0.3) is 0 Å². The average molecular weight is 363 g/mol. The highest BCUT2D eigenvalue weighted by atomic mass is 35.5. The molecule has 3 aliphatic rings. The number of carbonyl (C=O) groups is 1. The molecule has 2 aliphatic carbocycles. The Balaban J connectivity index is 0.00000192. The lowest BCUT2D eigenvalue weighted by Gasteiger charge is -2.45. The average Bonchev–Trinajstić information content (AvgIpc) is 2.49. The summed E-state index contributed by atoms with van der Waals surface area (Å²) < 4.78 is 5.72. The molecule has 0 aromatic carbocycles. The molecule has 3 N–H and O–H groups in total. The summed E-state index contributed by atoms with van der Waals surface area (Å²) in [6, 6.07) is 0.730. The summed E-state index contributed by atoms with van der Waals surface area (Å²) in [5.74, 6) is 2.95. The molecular formula is C17H31ClN2O2S. The van der Waals surface area contributed by atoms with E-state index in [1.54, 1.807) is 11.8 Å². The number of hydrogen-bond acceptors (Lipinski definition) is 4. The Morgan fingerprint density at radius 1 is 1.13 bits per heavy atom. The summed E-state index contributed by atoms with van der Waals surface area (Å²) in [5.41, 5.74) is 6.15. The number of halogens is 1. The first-order valence-electron chi connectivity index (χ1n) is 8.96. The zero-order valence-corrected chi connectivity index (χ0v) is 15.5. The van der Waals surface area contributed by atoms with Gasteiger partial charge >= 0.3 is 0 Å². The summed E-state index contributed by atoms with van der Waals surface area (Å²) in [7, 11) is 0. The number of ether oxygens (including phenoxy) is 1. The molecule has 4 nitrogen and oxygen atoms in total. The maximum atomic E-state index is 12.3. The van der Waals surface area contributed by atoms with Crippen molar-refractivity contribution in [3.8, 4) is 0 Å². The number of nitrogens with one attached hydrogen (secondary N) is 1. The van der Waals surface area contributed by atoms with Gasteiger partial charge in [0.1, 0.15) is 0 Å². The molecule has 3 atom stereocenters. The van der Waals surface area contributed by atoms with E-state index in [0.29, 0.717) is 35.8 Å². The lowest BCUT2D eigenvalue weighted by molar-refractivity contribution is -0.120. The first kappa shape index (κ1) is 19.4. The van der Waals surface area contributed by atoms with Crippen molar-refractivity contribution in [2.75, 3.05) is 18.1 Å². The van der Waals surface area contributed by atoms with Crippen molar-refractivity contribution < 1.29 is 9.53 Å². The van der Waals surface area contributed by atoms with E-state index in [0.717, 1.165) is 31.6 Å². The fourth-order valence-electron chi connectivity index (χ4n) is 4.47. The fraction of sp³-hybridized carbons (Fsp3) is 0.941. The van der Waals surface area contributed by atoms with Crippen molar-refractivity contribution in [1.82, 2.24) is 5.32 Å². The van der Waals surface area contributed by atoms with Gasteiger partial charge in [-0.3, -0.25) is 4.79 Å². The van der Waals surface area contributed by atoms with Crippen LogP contribution in [-0.4, -0.2) is 42.2 Å². The van der Waals surface area contributed by atoms with Crippen LogP contribution in [0.5, 0.6) is 0 Å². The second-order valence-corrected chi connectivity index (χ2v) is 8.31. The van der Waals surface area contributed by atoms with Gasteiger partial charge in [0.2, 0.25) is 5.91 Å². The van der Waals surface area contributed by atoms with Crippen molar-refractivity contribution in [1.29, 1.82) is 0 Å². The molecule has 2 saturated carbocycles. The topological polar surface area (TPSA) is 64.3 Å². The van der Waals surface area contributed by atoms with Gasteiger partial charge in [-0.05, 0) is 56.8 Å². The van der Waals surface area contributed by atoms with Crippen LogP contribution >= 0.6 is 24.2 Å². The monoisotopic (exact) mass is 362 g/mol. The molecule has 134 valence electrons. The quantitative estimate of drug-likeness (QED) is 0.789. The Morgan fingerprint density at radius 2 is 1.87 bits per heavy atom. The zero-order chi connectivity index (χ0) is 15.4. The lowest BCUT2D eigenvalue weighted by Crippen LogP contribution is -2.54. The Bertz CT molecular complexity index is 366. The maximum absolute atomic E-state index is 12.3. The zero-order valence-electron chi connectivity index (χ0n) is 13.9. The first-order valence-corrected chi connectivity index (χ1v) is 10.1. The summed E-state index contributed by atoms with van der Waals surface area (Å²) >= 11 is 1.72. The largest absolute Gasteiger partial charge is 0.377 e. The highest BCUT2D eigenvalue weighted by molar-refractivity contribution is 7.99. The van der Waals surface area contributed by atoms with E-state index in [-0.39, 0.29) is 18.3 Å². The van der Waals surface area contributed by atoms with Gasteiger partial charge in [0, 0.05) is 24.4 Å². The number of carbonyl (C=O) groups excluding carboxylic acids is 1. The van der Waals surface area contributed by atoms with Crippen molar-refractivity contribution in [2.45, 2.75) is 69.6 Å². The lowest BCUT2D eigenvalue weighted by atomic mass is 9.67. The van der Waals surface area contributed by atoms with Gasteiger partial charge in [-0.15, -0.1) is 24.2 Å². The van der Waals surface area contributed by atoms with Gasteiger partial charge < -0.3 is 15.8 Å². The molecule has 2 bridgehead atoms. The molecular weight excluding hydrogens is 332 g/mol. The predicted molar refractivity (Wildman–Crippen MR) is 98.1 cm³/mol. The van der Waals surface area contributed by atoms with Crippen LogP contribution in [0, 0.1) is 11.8 Å². The Hall–Kier alpha value is 0.0300. The smallest absolute Gasteiger partial charge is 0.230 e. The van der Waals surface area contributed by atoms with E-state index in [4.69, 9.17) is 10.5 Å². The summed E-state index contributed by atoms with van der Waals surface area (Å²) in [6.45, 7) is 0.892. The van der Waals surface area contributed by atoms with E-state index in [2.05, 4.69) is 5.32 Å². The standard InChI is InChI=1S/C17H30N2O2S.ClH/c18-14-8-12-4-3-5-13(9-14)17(12)19-16(20)11-22-10-15-6-1-2-7-21-15;/h12-15,17H,1-11,18H2,(H,19,20);1H. The molecule has 0 aromatic rings. The van der Waals surface area contributed by atoms with Crippen LogP contribution < -0.4 is 11.1 Å². The number of rotatable bonds is 5. The number of fused-ring (bicyclic) bond motifs is 2. The highest BCUT2D eigenvalue weighted by Crippen LogP contribution is 2.39. The van der Waals surface area contributed by atoms with Crippen LogP contribution in [0.1, 0.15) is 51.4 Å².